The fourth-order valence-corrected chi connectivity index (χ4v) is 4.54. The average Bonchev–Trinajstić information content (AvgIpc) is 3.18. The number of pyridine rings is 1. The molecule has 0 unspecified atom stereocenters. The van der Waals surface area contributed by atoms with Gasteiger partial charge in [-0.1, -0.05) is 11.2 Å². The standard InChI is InChI=1S/C24H21F3N6O2/c1-23(26,27)13-5-8-33-17(11-28-18(33)9-13)21(34)30-15-4-2-3-14(19(15)25)20-31-22(35-32-20)16-10-24(6-7-24)12-29-16/h2-5,8-9,11,16,29H,6-7,10,12H2,1H3,(H,30,34)/t16-/m0/s1. The maximum absolute atomic E-state index is 15.3. The summed E-state index contributed by atoms with van der Waals surface area (Å²) in [6.45, 7) is 1.70. The number of amides is 1. The summed E-state index contributed by atoms with van der Waals surface area (Å²) in [6.07, 6.45) is 5.88. The molecule has 35 heavy (non-hydrogen) atoms. The number of nitrogens with zero attached hydrogens (tertiary/aromatic N) is 4. The molecule has 8 nitrogen and oxygen atoms in total. The lowest BCUT2D eigenvalue weighted by Crippen LogP contribution is -2.16. The van der Waals surface area contributed by atoms with Crippen LogP contribution in [-0.4, -0.2) is 32.0 Å². The first kappa shape index (κ1) is 21.8. The Balaban J connectivity index is 1.24. The molecular formula is C24H21F3N6O2. The smallest absolute Gasteiger partial charge is 0.274 e. The number of carbonyl (C=O) groups is 1. The van der Waals surface area contributed by atoms with Crippen LogP contribution in [0.15, 0.2) is 47.2 Å². The highest BCUT2D eigenvalue weighted by molar-refractivity contribution is 6.03. The molecule has 1 amide bonds. The van der Waals surface area contributed by atoms with Gasteiger partial charge in [-0.3, -0.25) is 9.20 Å². The predicted molar refractivity (Wildman–Crippen MR) is 119 cm³/mol. The lowest BCUT2D eigenvalue weighted by Gasteiger charge is -2.11. The Bertz CT molecular complexity index is 1450. The highest BCUT2D eigenvalue weighted by Crippen LogP contribution is 2.54. The minimum atomic E-state index is -3.04. The Morgan fingerprint density at radius 3 is 2.89 bits per heavy atom. The molecule has 1 atom stereocenters. The van der Waals surface area contributed by atoms with Gasteiger partial charge in [-0.15, -0.1) is 0 Å². The van der Waals surface area contributed by atoms with Crippen LogP contribution in [-0.2, 0) is 5.92 Å². The number of anilines is 1. The molecule has 1 aliphatic heterocycles. The van der Waals surface area contributed by atoms with Crippen molar-refractivity contribution in [1.29, 1.82) is 0 Å². The van der Waals surface area contributed by atoms with E-state index in [0.29, 0.717) is 11.3 Å². The zero-order chi connectivity index (χ0) is 24.4. The number of alkyl halides is 2. The van der Waals surface area contributed by atoms with Crippen molar-refractivity contribution in [3.8, 4) is 11.4 Å². The van der Waals surface area contributed by atoms with Crippen molar-refractivity contribution >= 4 is 17.2 Å². The molecule has 2 aliphatic rings. The summed E-state index contributed by atoms with van der Waals surface area (Å²) in [4.78, 5) is 21.3. The van der Waals surface area contributed by atoms with Gasteiger partial charge in [0.2, 0.25) is 11.7 Å². The highest BCUT2D eigenvalue weighted by Gasteiger charge is 2.49. The van der Waals surface area contributed by atoms with Gasteiger partial charge in [-0.2, -0.15) is 4.98 Å². The summed E-state index contributed by atoms with van der Waals surface area (Å²) in [5, 5.41) is 9.85. The van der Waals surface area contributed by atoms with Crippen molar-refractivity contribution in [2.45, 2.75) is 38.2 Å². The molecule has 1 saturated heterocycles. The van der Waals surface area contributed by atoms with E-state index in [1.54, 1.807) is 6.07 Å². The number of carbonyl (C=O) groups excluding carboxylic acids is 1. The number of aromatic nitrogens is 4. The SMILES string of the molecule is CC(F)(F)c1ccn2c(C(=O)Nc3cccc(-c4noc([C@@H]5CC6(CC6)CN5)n4)c3F)cnc2c1. The molecule has 11 heteroatoms. The number of hydrogen-bond donors (Lipinski definition) is 2. The largest absolute Gasteiger partial charge is 0.337 e. The van der Waals surface area contributed by atoms with Gasteiger partial charge < -0.3 is 15.2 Å². The van der Waals surface area contributed by atoms with Gasteiger partial charge in [0.05, 0.1) is 23.5 Å². The Labute approximate surface area is 197 Å². The molecule has 0 bridgehead atoms. The maximum Gasteiger partial charge on any atom is 0.274 e. The first-order valence-electron chi connectivity index (χ1n) is 11.3. The van der Waals surface area contributed by atoms with E-state index in [9.17, 15) is 13.6 Å². The number of imidazole rings is 1. The lowest BCUT2D eigenvalue weighted by molar-refractivity contribution is 0.0175. The fourth-order valence-electron chi connectivity index (χ4n) is 4.54. The monoisotopic (exact) mass is 482 g/mol. The highest BCUT2D eigenvalue weighted by atomic mass is 19.3. The first-order valence-corrected chi connectivity index (χ1v) is 11.3. The van der Waals surface area contributed by atoms with E-state index in [-0.39, 0.29) is 40.0 Å². The maximum atomic E-state index is 15.3. The van der Waals surface area contributed by atoms with Crippen LogP contribution in [0.4, 0.5) is 18.9 Å². The second kappa shape index (κ2) is 7.64. The molecule has 3 aromatic heterocycles. The van der Waals surface area contributed by atoms with Crippen molar-refractivity contribution in [3.63, 3.8) is 0 Å². The van der Waals surface area contributed by atoms with Gasteiger partial charge in [0.1, 0.15) is 11.3 Å². The summed E-state index contributed by atoms with van der Waals surface area (Å²) in [6, 6.07) is 6.85. The van der Waals surface area contributed by atoms with E-state index in [1.165, 1.54) is 53.9 Å². The van der Waals surface area contributed by atoms with Crippen LogP contribution < -0.4 is 10.6 Å². The second-order valence-electron chi connectivity index (χ2n) is 9.39. The number of benzene rings is 1. The minimum absolute atomic E-state index is 0.0481. The quantitative estimate of drug-likeness (QED) is 0.428. The number of halogens is 3. The van der Waals surface area contributed by atoms with Gasteiger partial charge in [-0.25, -0.2) is 18.2 Å². The van der Waals surface area contributed by atoms with E-state index in [2.05, 4.69) is 25.8 Å². The molecule has 2 fully saturated rings. The molecule has 1 saturated carbocycles. The first-order chi connectivity index (χ1) is 16.7. The Kier molecular flexibility index (Phi) is 4.75. The third kappa shape index (κ3) is 3.85. The molecular weight excluding hydrogens is 461 g/mol. The summed E-state index contributed by atoms with van der Waals surface area (Å²) in [5.41, 5.74) is 0.369. The molecule has 2 N–H and O–H groups in total. The molecule has 6 rings (SSSR count). The Morgan fingerprint density at radius 1 is 1.31 bits per heavy atom. The Morgan fingerprint density at radius 2 is 2.14 bits per heavy atom. The van der Waals surface area contributed by atoms with E-state index < -0.39 is 17.6 Å². The molecule has 1 aromatic carbocycles. The van der Waals surface area contributed by atoms with Crippen LogP contribution in [0.25, 0.3) is 17.0 Å². The average molecular weight is 482 g/mol. The van der Waals surface area contributed by atoms with Crippen LogP contribution in [0.1, 0.15) is 54.2 Å². The van der Waals surface area contributed by atoms with E-state index in [1.807, 2.05) is 0 Å². The zero-order valence-corrected chi connectivity index (χ0v) is 18.7. The fraction of sp³-hybridized carbons (Fsp3) is 0.333. The molecule has 1 spiro atoms. The number of fused-ring (bicyclic) bond motifs is 1. The molecule has 180 valence electrons. The second-order valence-corrected chi connectivity index (χ2v) is 9.39. The third-order valence-corrected chi connectivity index (χ3v) is 6.80. The summed E-state index contributed by atoms with van der Waals surface area (Å²) < 4.78 is 49.3. The number of nitrogens with one attached hydrogen (secondary N) is 2. The van der Waals surface area contributed by atoms with Crippen molar-refractivity contribution in [2.24, 2.45) is 5.41 Å². The summed E-state index contributed by atoms with van der Waals surface area (Å²) in [5.74, 6) is -3.89. The van der Waals surface area contributed by atoms with Crippen LogP contribution in [0.3, 0.4) is 0 Å². The minimum Gasteiger partial charge on any atom is -0.337 e. The van der Waals surface area contributed by atoms with Crippen LogP contribution >= 0.6 is 0 Å². The van der Waals surface area contributed by atoms with Crippen molar-refractivity contribution in [1.82, 2.24) is 24.8 Å². The van der Waals surface area contributed by atoms with Gasteiger partial charge in [0.25, 0.3) is 11.8 Å². The number of rotatable bonds is 5. The third-order valence-electron chi connectivity index (χ3n) is 6.80. The topological polar surface area (TPSA) is 97.3 Å². The van der Waals surface area contributed by atoms with E-state index in [4.69, 9.17) is 4.52 Å². The van der Waals surface area contributed by atoms with E-state index in [0.717, 1.165) is 19.9 Å². The summed E-state index contributed by atoms with van der Waals surface area (Å²) in [7, 11) is 0. The number of hydrogen-bond acceptors (Lipinski definition) is 6. The van der Waals surface area contributed by atoms with Gasteiger partial charge in [0, 0.05) is 25.2 Å². The van der Waals surface area contributed by atoms with Gasteiger partial charge >= 0.3 is 0 Å². The molecule has 0 radical (unpaired) electrons. The zero-order valence-electron chi connectivity index (χ0n) is 18.7. The van der Waals surface area contributed by atoms with Crippen molar-refractivity contribution in [3.05, 3.63) is 65.7 Å². The lowest BCUT2D eigenvalue weighted by atomic mass is 10.0. The van der Waals surface area contributed by atoms with Crippen LogP contribution in [0.5, 0.6) is 0 Å². The predicted octanol–water partition coefficient (Wildman–Crippen LogP) is 4.70. The molecule has 1 aliphatic carbocycles. The van der Waals surface area contributed by atoms with Gasteiger partial charge in [0.15, 0.2) is 5.82 Å². The van der Waals surface area contributed by atoms with E-state index >= 15 is 4.39 Å². The summed E-state index contributed by atoms with van der Waals surface area (Å²) >= 11 is 0. The van der Waals surface area contributed by atoms with Crippen molar-refractivity contribution < 1.29 is 22.5 Å². The van der Waals surface area contributed by atoms with Gasteiger partial charge in [-0.05, 0) is 48.9 Å². The Hall–Kier alpha value is -3.73. The molecule has 4 aromatic rings. The normalized spacial score (nSPS) is 18.9. The van der Waals surface area contributed by atoms with Crippen molar-refractivity contribution in [2.75, 3.05) is 11.9 Å². The van der Waals surface area contributed by atoms with Crippen LogP contribution in [0, 0.1) is 11.2 Å². The van der Waals surface area contributed by atoms with Crippen LogP contribution in [0.2, 0.25) is 0 Å². The molecule has 4 heterocycles.